The molecule has 0 saturated heterocycles. The fourth-order valence-electron chi connectivity index (χ4n) is 1.57. The van der Waals surface area contributed by atoms with Gasteiger partial charge in [0.05, 0.1) is 5.60 Å². The van der Waals surface area contributed by atoms with Crippen molar-refractivity contribution in [2.24, 2.45) is 0 Å². The molecule has 3 N–H and O–H groups in total. The van der Waals surface area contributed by atoms with E-state index < -0.39 is 5.60 Å². The highest BCUT2D eigenvalue weighted by molar-refractivity contribution is 5.38. The average molecular weight is 291 g/mol. The molecule has 8 nitrogen and oxygen atoms in total. The summed E-state index contributed by atoms with van der Waals surface area (Å²) in [4.78, 5) is 16.9. The van der Waals surface area contributed by atoms with Crippen LogP contribution in [-0.4, -0.2) is 48.3 Å². The summed E-state index contributed by atoms with van der Waals surface area (Å²) in [6, 6.07) is 0. The lowest BCUT2D eigenvalue weighted by Gasteiger charge is -2.21. The number of nitrogens with zero attached hydrogens (tertiary/aromatic N) is 5. The third-order valence-electron chi connectivity index (χ3n) is 3.08. The van der Waals surface area contributed by atoms with E-state index in [0.29, 0.717) is 37.4 Å². The lowest BCUT2D eigenvalue weighted by Crippen LogP contribution is -2.33. The zero-order valence-electron chi connectivity index (χ0n) is 12.5. The second-order valence-electron chi connectivity index (χ2n) is 4.99. The number of aromatic nitrogens is 5. The van der Waals surface area contributed by atoms with E-state index in [1.165, 1.54) is 0 Å². The standard InChI is InChI=1S/C13H21N7O/c1-4-13(3,21)8-16-11-17-10(15-5-2)18-12(19-11)20-7-6-14-9-20/h6-7,9,21H,4-5,8H2,1-3H3,(H2,15,16,17,18,19). The van der Waals surface area contributed by atoms with Gasteiger partial charge in [-0.15, -0.1) is 0 Å². The fourth-order valence-corrected chi connectivity index (χ4v) is 1.57. The molecule has 0 amide bonds. The molecule has 0 aliphatic carbocycles. The van der Waals surface area contributed by atoms with Gasteiger partial charge in [-0.2, -0.15) is 15.0 Å². The highest BCUT2D eigenvalue weighted by Crippen LogP contribution is 2.12. The van der Waals surface area contributed by atoms with Gasteiger partial charge in [-0.05, 0) is 20.3 Å². The predicted octanol–water partition coefficient (Wildman–Crippen LogP) is 1.06. The third-order valence-corrected chi connectivity index (χ3v) is 3.08. The van der Waals surface area contributed by atoms with Crippen LogP contribution in [0.2, 0.25) is 0 Å². The van der Waals surface area contributed by atoms with E-state index in [9.17, 15) is 5.11 Å². The largest absolute Gasteiger partial charge is 0.388 e. The van der Waals surface area contributed by atoms with Crippen molar-refractivity contribution in [3.05, 3.63) is 18.7 Å². The third kappa shape index (κ3) is 4.12. The average Bonchev–Trinajstić information content (AvgIpc) is 3.00. The van der Waals surface area contributed by atoms with Gasteiger partial charge in [-0.25, -0.2) is 4.98 Å². The Morgan fingerprint density at radius 3 is 2.48 bits per heavy atom. The number of anilines is 2. The van der Waals surface area contributed by atoms with E-state index in [4.69, 9.17) is 0 Å². The minimum absolute atomic E-state index is 0.364. The number of nitrogens with one attached hydrogen (secondary N) is 2. The van der Waals surface area contributed by atoms with Crippen LogP contribution in [0.25, 0.3) is 5.95 Å². The Morgan fingerprint density at radius 1 is 1.19 bits per heavy atom. The number of hydrogen-bond acceptors (Lipinski definition) is 7. The molecule has 0 aliphatic heterocycles. The summed E-state index contributed by atoms with van der Waals surface area (Å²) in [7, 11) is 0. The van der Waals surface area contributed by atoms with Gasteiger partial charge in [0.1, 0.15) is 6.33 Å². The van der Waals surface area contributed by atoms with Crippen molar-refractivity contribution in [2.45, 2.75) is 32.8 Å². The lowest BCUT2D eigenvalue weighted by atomic mass is 10.0. The minimum atomic E-state index is -0.805. The van der Waals surface area contributed by atoms with Crippen molar-refractivity contribution in [3.8, 4) is 5.95 Å². The Labute approximate surface area is 123 Å². The Morgan fingerprint density at radius 2 is 1.90 bits per heavy atom. The molecular weight excluding hydrogens is 270 g/mol. The zero-order chi connectivity index (χ0) is 15.3. The van der Waals surface area contributed by atoms with Crippen molar-refractivity contribution < 1.29 is 5.11 Å². The second-order valence-corrected chi connectivity index (χ2v) is 4.99. The Balaban J connectivity index is 2.24. The Bertz CT molecular complexity index is 568. The molecule has 8 heteroatoms. The van der Waals surface area contributed by atoms with Gasteiger partial charge in [-0.3, -0.25) is 4.57 Å². The molecule has 0 radical (unpaired) electrons. The van der Waals surface area contributed by atoms with Crippen LogP contribution in [0.5, 0.6) is 0 Å². The molecule has 0 bridgehead atoms. The first-order valence-electron chi connectivity index (χ1n) is 6.98. The smallest absolute Gasteiger partial charge is 0.241 e. The zero-order valence-corrected chi connectivity index (χ0v) is 12.5. The SMILES string of the molecule is CCNc1nc(NCC(C)(O)CC)nc(-n2ccnc2)n1. The van der Waals surface area contributed by atoms with E-state index in [0.717, 1.165) is 0 Å². The van der Waals surface area contributed by atoms with Gasteiger partial charge in [0.15, 0.2) is 0 Å². The summed E-state index contributed by atoms with van der Waals surface area (Å²) in [5, 5.41) is 16.2. The quantitative estimate of drug-likeness (QED) is 0.701. The molecule has 0 fully saturated rings. The molecule has 21 heavy (non-hydrogen) atoms. The highest BCUT2D eigenvalue weighted by Gasteiger charge is 2.18. The minimum Gasteiger partial charge on any atom is -0.388 e. The number of imidazole rings is 1. The number of aliphatic hydroxyl groups is 1. The lowest BCUT2D eigenvalue weighted by molar-refractivity contribution is 0.0695. The molecule has 2 rings (SSSR count). The van der Waals surface area contributed by atoms with E-state index in [-0.39, 0.29) is 0 Å². The van der Waals surface area contributed by atoms with Crippen LogP contribution >= 0.6 is 0 Å². The number of hydrogen-bond donors (Lipinski definition) is 3. The van der Waals surface area contributed by atoms with Gasteiger partial charge in [0, 0.05) is 25.5 Å². The van der Waals surface area contributed by atoms with Crippen LogP contribution in [-0.2, 0) is 0 Å². The van der Waals surface area contributed by atoms with Crippen molar-refractivity contribution in [1.29, 1.82) is 0 Å². The molecule has 0 aromatic carbocycles. The van der Waals surface area contributed by atoms with Crippen molar-refractivity contribution in [3.63, 3.8) is 0 Å². The van der Waals surface area contributed by atoms with Crippen molar-refractivity contribution >= 4 is 11.9 Å². The Hall–Kier alpha value is -2.22. The molecular formula is C13H21N7O. The Kier molecular flexibility index (Phi) is 4.69. The molecule has 0 aliphatic rings. The normalized spacial score (nSPS) is 13.7. The van der Waals surface area contributed by atoms with Crippen LogP contribution in [0, 0.1) is 0 Å². The van der Waals surface area contributed by atoms with Crippen LogP contribution in [0.4, 0.5) is 11.9 Å². The summed E-state index contributed by atoms with van der Waals surface area (Å²) in [6.45, 7) is 6.73. The molecule has 2 heterocycles. The maximum atomic E-state index is 10.0. The summed E-state index contributed by atoms with van der Waals surface area (Å²) < 4.78 is 1.70. The highest BCUT2D eigenvalue weighted by atomic mass is 16.3. The number of rotatable bonds is 7. The van der Waals surface area contributed by atoms with Gasteiger partial charge in [0.2, 0.25) is 17.8 Å². The summed E-state index contributed by atoms with van der Waals surface area (Å²) in [5.41, 5.74) is -0.805. The van der Waals surface area contributed by atoms with Crippen LogP contribution < -0.4 is 10.6 Å². The maximum Gasteiger partial charge on any atom is 0.241 e. The van der Waals surface area contributed by atoms with Gasteiger partial charge >= 0.3 is 0 Å². The van der Waals surface area contributed by atoms with Crippen molar-refractivity contribution in [2.75, 3.05) is 23.7 Å². The maximum absolute atomic E-state index is 10.0. The first-order valence-corrected chi connectivity index (χ1v) is 6.98. The van der Waals surface area contributed by atoms with Crippen LogP contribution in [0.1, 0.15) is 27.2 Å². The molecule has 2 aromatic rings. The first kappa shape index (κ1) is 15.2. The summed E-state index contributed by atoms with van der Waals surface area (Å²) >= 11 is 0. The molecule has 114 valence electrons. The molecule has 1 atom stereocenters. The topological polar surface area (TPSA) is 101 Å². The van der Waals surface area contributed by atoms with Gasteiger partial charge in [-0.1, -0.05) is 6.92 Å². The van der Waals surface area contributed by atoms with Gasteiger partial charge < -0.3 is 15.7 Å². The molecule has 1 unspecified atom stereocenters. The second kappa shape index (κ2) is 6.49. The van der Waals surface area contributed by atoms with E-state index >= 15 is 0 Å². The summed E-state index contributed by atoms with van der Waals surface area (Å²) in [5.74, 6) is 1.37. The summed E-state index contributed by atoms with van der Waals surface area (Å²) in [6.07, 6.45) is 5.68. The van der Waals surface area contributed by atoms with Gasteiger partial charge in [0.25, 0.3) is 0 Å². The monoisotopic (exact) mass is 291 g/mol. The van der Waals surface area contributed by atoms with E-state index in [1.807, 2.05) is 13.8 Å². The van der Waals surface area contributed by atoms with E-state index in [1.54, 1.807) is 30.2 Å². The predicted molar refractivity (Wildman–Crippen MR) is 80.5 cm³/mol. The van der Waals surface area contributed by atoms with Crippen molar-refractivity contribution in [1.82, 2.24) is 24.5 Å². The fraction of sp³-hybridized carbons (Fsp3) is 0.538. The molecule has 0 saturated carbocycles. The first-order chi connectivity index (χ1) is 10.0. The molecule has 0 spiro atoms. The van der Waals surface area contributed by atoms with Crippen LogP contribution in [0.15, 0.2) is 18.7 Å². The molecule has 2 aromatic heterocycles. The van der Waals surface area contributed by atoms with Crippen LogP contribution in [0.3, 0.4) is 0 Å². The van der Waals surface area contributed by atoms with E-state index in [2.05, 4.69) is 30.6 Å².